The molecule has 0 aromatic heterocycles. The summed E-state index contributed by atoms with van der Waals surface area (Å²) in [5.41, 5.74) is 2.56. The molecule has 2 aromatic carbocycles. The summed E-state index contributed by atoms with van der Waals surface area (Å²) in [4.78, 5) is 13.1. The molecule has 0 saturated carbocycles. The van der Waals surface area contributed by atoms with Gasteiger partial charge in [0.2, 0.25) is 5.91 Å². The Balaban J connectivity index is 2.40. The van der Waals surface area contributed by atoms with Crippen LogP contribution in [0.2, 0.25) is 0 Å². The minimum Gasteiger partial charge on any atom is -0.351 e. The van der Waals surface area contributed by atoms with Gasteiger partial charge in [0.1, 0.15) is 6.54 Å². The number of nitrogens with zero attached hydrogens (tertiary/aromatic N) is 1. The molecule has 0 aliphatic carbocycles. The second-order valence-corrected chi connectivity index (χ2v) is 10.3. The number of carbonyl (C=O) groups excluding carboxylic acids is 1. The maximum Gasteiger partial charge on any atom is 0.264 e. The molecule has 1 N–H and O–H groups in total. The van der Waals surface area contributed by atoms with Gasteiger partial charge in [0, 0.05) is 6.04 Å². The maximum absolute atomic E-state index is 13.4. The maximum atomic E-state index is 13.4. The minimum absolute atomic E-state index is 0.0242. The Bertz CT molecular complexity index is 925. The fraction of sp³-hybridized carbons (Fsp3) is 0.458. The summed E-state index contributed by atoms with van der Waals surface area (Å²) in [6.45, 7) is 11.9. The van der Waals surface area contributed by atoms with Gasteiger partial charge in [-0.15, -0.1) is 0 Å². The van der Waals surface area contributed by atoms with Crippen molar-refractivity contribution >= 4 is 21.6 Å². The molecule has 1 amide bonds. The first-order valence-electron chi connectivity index (χ1n) is 10.5. The van der Waals surface area contributed by atoms with Gasteiger partial charge in [0.15, 0.2) is 0 Å². The molecule has 0 unspecified atom stereocenters. The second kappa shape index (κ2) is 10.1. The lowest BCUT2D eigenvalue weighted by Crippen LogP contribution is -2.47. The van der Waals surface area contributed by atoms with E-state index in [1.165, 1.54) is 4.31 Å². The quantitative estimate of drug-likeness (QED) is 0.635. The van der Waals surface area contributed by atoms with E-state index in [4.69, 9.17) is 0 Å². The molecule has 0 radical (unpaired) electrons. The zero-order valence-corrected chi connectivity index (χ0v) is 19.7. The van der Waals surface area contributed by atoms with E-state index in [1.807, 2.05) is 26.0 Å². The number of rotatable bonds is 9. The summed E-state index contributed by atoms with van der Waals surface area (Å²) in [6.07, 6.45) is 0.857. The van der Waals surface area contributed by atoms with Crippen molar-refractivity contribution in [2.45, 2.75) is 58.9 Å². The lowest BCUT2D eigenvalue weighted by Gasteiger charge is -2.29. The standard InChI is InChI=1S/C24H34N2O3S/c1-7-20-10-12-21(13-11-20)26(16-23(27)25-24(17(2)3)18(4)5)30(28,29)22-14-8-19(6)9-15-22/h8-15,17-18,24H,7,16H2,1-6H3,(H,25,27). The van der Waals surface area contributed by atoms with Crippen molar-refractivity contribution in [3.05, 3.63) is 59.7 Å². The Labute approximate surface area is 181 Å². The van der Waals surface area contributed by atoms with E-state index in [2.05, 4.69) is 33.0 Å². The van der Waals surface area contributed by atoms with Gasteiger partial charge < -0.3 is 5.32 Å². The van der Waals surface area contributed by atoms with E-state index in [1.54, 1.807) is 36.4 Å². The summed E-state index contributed by atoms with van der Waals surface area (Å²) in [5, 5.41) is 3.03. The highest BCUT2D eigenvalue weighted by Crippen LogP contribution is 2.25. The van der Waals surface area contributed by atoms with Gasteiger partial charge in [0.05, 0.1) is 10.6 Å². The summed E-state index contributed by atoms with van der Waals surface area (Å²) < 4.78 is 28.1. The topological polar surface area (TPSA) is 66.5 Å². The molecular formula is C24H34N2O3S. The molecular weight excluding hydrogens is 396 g/mol. The van der Waals surface area contributed by atoms with Crippen molar-refractivity contribution in [3.8, 4) is 0 Å². The van der Waals surface area contributed by atoms with E-state index in [0.29, 0.717) is 5.69 Å². The number of anilines is 1. The van der Waals surface area contributed by atoms with E-state index < -0.39 is 10.0 Å². The van der Waals surface area contributed by atoms with E-state index in [0.717, 1.165) is 17.5 Å². The van der Waals surface area contributed by atoms with Crippen LogP contribution in [-0.4, -0.2) is 26.9 Å². The van der Waals surface area contributed by atoms with Gasteiger partial charge in [-0.25, -0.2) is 8.42 Å². The Morgan fingerprint density at radius 2 is 1.47 bits per heavy atom. The summed E-state index contributed by atoms with van der Waals surface area (Å²) in [5.74, 6) is 0.192. The largest absolute Gasteiger partial charge is 0.351 e. The first-order chi connectivity index (χ1) is 14.1. The van der Waals surface area contributed by atoms with E-state index in [-0.39, 0.29) is 35.2 Å². The van der Waals surface area contributed by atoms with Crippen molar-refractivity contribution in [1.29, 1.82) is 0 Å². The average molecular weight is 431 g/mol. The van der Waals surface area contributed by atoms with Crippen LogP contribution in [0.25, 0.3) is 0 Å². The number of hydrogen-bond acceptors (Lipinski definition) is 3. The van der Waals surface area contributed by atoms with E-state index >= 15 is 0 Å². The molecule has 2 aromatic rings. The lowest BCUT2D eigenvalue weighted by atomic mass is 9.93. The highest BCUT2D eigenvalue weighted by Gasteiger charge is 2.29. The predicted octanol–water partition coefficient (Wildman–Crippen LogP) is 4.55. The lowest BCUT2D eigenvalue weighted by molar-refractivity contribution is -0.121. The van der Waals surface area contributed by atoms with Crippen LogP contribution >= 0.6 is 0 Å². The van der Waals surface area contributed by atoms with Crippen LogP contribution in [0.1, 0.15) is 45.7 Å². The van der Waals surface area contributed by atoms with Gasteiger partial charge in [0.25, 0.3) is 10.0 Å². The molecule has 0 aliphatic rings. The Hall–Kier alpha value is -2.34. The third-order valence-corrected chi connectivity index (χ3v) is 7.08. The molecule has 0 spiro atoms. The van der Waals surface area contributed by atoms with Gasteiger partial charge in [-0.1, -0.05) is 64.4 Å². The first kappa shape index (κ1) is 23.9. The third-order valence-electron chi connectivity index (χ3n) is 5.29. The van der Waals surface area contributed by atoms with Crippen LogP contribution in [0.5, 0.6) is 0 Å². The third kappa shape index (κ3) is 5.85. The highest BCUT2D eigenvalue weighted by molar-refractivity contribution is 7.92. The van der Waals surface area contributed by atoms with Crippen LogP contribution in [0.15, 0.2) is 53.4 Å². The zero-order chi connectivity index (χ0) is 22.5. The zero-order valence-electron chi connectivity index (χ0n) is 18.8. The van der Waals surface area contributed by atoms with Gasteiger partial charge in [-0.2, -0.15) is 0 Å². The first-order valence-corrected chi connectivity index (χ1v) is 12.0. The monoisotopic (exact) mass is 430 g/mol. The fourth-order valence-electron chi connectivity index (χ4n) is 3.52. The molecule has 0 atom stereocenters. The molecule has 2 rings (SSSR count). The number of hydrogen-bond donors (Lipinski definition) is 1. The number of amides is 1. The molecule has 164 valence electrons. The van der Waals surface area contributed by atoms with Crippen LogP contribution in [0, 0.1) is 18.8 Å². The Morgan fingerprint density at radius 3 is 1.93 bits per heavy atom. The SMILES string of the molecule is CCc1ccc(N(CC(=O)NC(C(C)C)C(C)C)S(=O)(=O)c2ccc(C)cc2)cc1. The van der Waals surface area contributed by atoms with Crippen molar-refractivity contribution in [1.82, 2.24) is 5.32 Å². The smallest absolute Gasteiger partial charge is 0.264 e. The predicted molar refractivity (Wildman–Crippen MR) is 123 cm³/mol. The number of sulfonamides is 1. The Morgan fingerprint density at radius 1 is 0.933 bits per heavy atom. The molecule has 0 saturated heterocycles. The van der Waals surface area contributed by atoms with Crippen LogP contribution in [0.4, 0.5) is 5.69 Å². The number of carbonyl (C=O) groups is 1. The molecule has 0 fully saturated rings. The fourth-order valence-corrected chi connectivity index (χ4v) is 4.94. The Kier molecular flexibility index (Phi) is 8.07. The number of nitrogens with one attached hydrogen (secondary N) is 1. The summed E-state index contributed by atoms with van der Waals surface area (Å²) in [6, 6.07) is 14.0. The van der Waals surface area contributed by atoms with Crippen LogP contribution in [0.3, 0.4) is 0 Å². The molecule has 0 heterocycles. The van der Waals surface area contributed by atoms with Crippen LogP contribution in [-0.2, 0) is 21.2 Å². The number of benzene rings is 2. The van der Waals surface area contributed by atoms with Crippen molar-refractivity contribution in [2.24, 2.45) is 11.8 Å². The minimum atomic E-state index is -3.89. The van der Waals surface area contributed by atoms with Crippen molar-refractivity contribution in [3.63, 3.8) is 0 Å². The second-order valence-electron chi connectivity index (χ2n) is 8.43. The van der Waals surface area contributed by atoms with Crippen molar-refractivity contribution < 1.29 is 13.2 Å². The highest BCUT2D eigenvalue weighted by atomic mass is 32.2. The summed E-state index contributed by atoms with van der Waals surface area (Å²) >= 11 is 0. The van der Waals surface area contributed by atoms with Crippen LogP contribution < -0.4 is 9.62 Å². The van der Waals surface area contributed by atoms with Gasteiger partial charge in [-0.05, 0) is 55.0 Å². The molecule has 30 heavy (non-hydrogen) atoms. The normalized spacial score (nSPS) is 11.9. The molecule has 6 heteroatoms. The molecule has 0 bridgehead atoms. The average Bonchev–Trinajstić information content (AvgIpc) is 2.70. The van der Waals surface area contributed by atoms with Gasteiger partial charge in [-0.3, -0.25) is 9.10 Å². The van der Waals surface area contributed by atoms with Crippen molar-refractivity contribution in [2.75, 3.05) is 10.8 Å². The number of aryl methyl sites for hydroxylation is 2. The van der Waals surface area contributed by atoms with E-state index in [9.17, 15) is 13.2 Å². The van der Waals surface area contributed by atoms with Gasteiger partial charge >= 0.3 is 0 Å². The molecule has 5 nitrogen and oxygen atoms in total. The summed E-state index contributed by atoms with van der Waals surface area (Å²) in [7, 11) is -3.89. The molecule has 0 aliphatic heterocycles.